The van der Waals surface area contributed by atoms with Gasteiger partial charge in [-0.3, -0.25) is 0 Å². The lowest BCUT2D eigenvalue weighted by Crippen LogP contribution is -2.44. The lowest BCUT2D eigenvalue weighted by molar-refractivity contribution is -0.152. The summed E-state index contributed by atoms with van der Waals surface area (Å²) in [4.78, 5) is 29.8. The van der Waals surface area contributed by atoms with Gasteiger partial charge in [-0.2, -0.15) is 13.2 Å². The van der Waals surface area contributed by atoms with Crippen LogP contribution in [0.4, 0.5) is 33.9 Å². The van der Waals surface area contributed by atoms with E-state index in [1.165, 1.54) is 18.0 Å². The summed E-state index contributed by atoms with van der Waals surface area (Å²) >= 11 is 6.06. The van der Waals surface area contributed by atoms with Gasteiger partial charge in [-0.15, -0.1) is 0 Å². The molecule has 0 bridgehead atoms. The van der Waals surface area contributed by atoms with Crippen molar-refractivity contribution in [2.24, 2.45) is 5.92 Å². The van der Waals surface area contributed by atoms with Gasteiger partial charge < -0.3 is 24.9 Å². The van der Waals surface area contributed by atoms with Crippen LogP contribution in [0.3, 0.4) is 0 Å². The number of hydrogen-bond donors (Lipinski definition) is 3. The van der Waals surface area contributed by atoms with E-state index in [-0.39, 0.29) is 36.4 Å². The molecule has 9 nitrogen and oxygen atoms in total. The third kappa shape index (κ3) is 5.37. The van der Waals surface area contributed by atoms with Crippen LogP contribution in [0.5, 0.6) is 0 Å². The number of carbonyl (C=O) groups excluding carboxylic acids is 1. The van der Waals surface area contributed by atoms with E-state index in [1.54, 1.807) is 12.3 Å². The number of furan rings is 1. The van der Waals surface area contributed by atoms with Crippen LogP contribution in [-0.4, -0.2) is 50.5 Å². The summed E-state index contributed by atoms with van der Waals surface area (Å²) in [6, 6.07) is 2.18. The normalized spacial score (nSPS) is 16.2. The van der Waals surface area contributed by atoms with Crippen LogP contribution in [-0.2, 0) is 6.18 Å². The zero-order chi connectivity index (χ0) is 27.0. The van der Waals surface area contributed by atoms with Crippen molar-refractivity contribution in [3.63, 3.8) is 0 Å². The monoisotopic (exact) mass is 551 g/mol. The molecule has 1 atom stereocenters. The zero-order valence-electron chi connectivity index (χ0n) is 20.0. The first-order chi connectivity index (χ1) is 18.1. The largest absolute Gasteiger partial charge is 0.455 e. The number of alkyl halides is 3. The van der Waals surface area contributed by atoms with Gasteiger partial charge in [-0.05, 0) is 31.7 Å². The number of nitrogens with zero attached hydrogens (tertiary/aromatic N) is 4. The molecule has 0 radical (unpaired) electrons. The van der Waals surface area contributed by atoms with Crippen molar-refractivity contribution in [1.29, 1.82) is 0 Å². The van der Waals surface area contributed by atoms with Crippen LogP contribution in [0.2, 0.25) is 5.02 Å². The van der Waals surface area contributed by atoms with Crippen LogP contribution in [0.25, 0.3) is 22.4 Å². The summed E-state index contributed by atoms with van der Waals surface area (Å²) < 4.78 is 58.9. The van der Waals surface area contributed by atoms with E-state index in [9.17, 15) is 22.4 Å². The summed E-state index contributed by atoms with van der Waals surface area (Å²) in [7, 11) is 0. The molecule has 0 saturated carbocycles. The number of halogens is 5. The summed E-state index contributed by atoms with van der Waals surface area (Å²) in [5.41, 5.74) is 0.760. The van der Waals surface area contributed by atoms with Crippen molar-refractivity contribution in [1.82, 2.24) is 24.8 Å². The Morgan fingerprint density at radius 3 is 2.89 bits per heavy atom. The van der Waals surface area contributed by atoms with Crippen molar-refractivity contribution >= 4 is 40.2 Å². The Balaban J connectivity index is 1.25. The van der Waals surface area contributed by atoms with E-state index in [1.807, 2.05) is 0 Å². The summed E-state index contributed by atoms with van der Waals surface area (Å²) in [6.45, 7) is 2.31. The van der Waals surface area contributed by atoms with Crippen LogP contribution in [0.15, 0.2) is 35.1 Å². The number of amides is 2. The van der Waals surface area contributed by atoms with E-state index >= 15 is 0 Å². The Morgan fingerprint density at radius 2 is 2.11 bits per heavy atom. The fourth-order valence-electron chi connectivity index (χ4n) is 4.45. The van der Waals surface area contributed by atoms with Gasteiger partial charge in [0.15, 0.2) is 17.5 Å². The van der Waals surface area contributed by atoms with Crippen LogP contribution < -0.4 is 10.6 Å². The van der Waals surface area contributed by atoms with Gasteiger partial charge in [-0.25, -0.2) is 24.1 Å². The molecular formula is C24H22ClF4N7O2. The molecular weight excluding hydrogens is 530 g/mol. The number of rotatable bonds is 5. The molecule has 3 N–H and O–H groups in total. The maximum Gasteiger partial charge on any atom is 0.451 e. The van der Waals surface area contributed by atoms with Gasteiger partial charge in [0.05, 0.1) is 16.9 Å². The number of carbonyl (C=O) groups is 1. The number of nitrogens with one attached hydrogen (secondary N) is 3. The van der Waals surface area contributed by atoms with Gasteiger partial charge in [0.25, 0.3) is 0 Å². The number of likely N-dealkylation sites (tertiary alicyclic amines) is 1. The second kappa shape index (κ2) is 10.1. The van der Waals surface area contributed by atoms with Gasteiger partial charge in [0, 0.05) is 49.0 Å². The number of aryl methyl sites for hydroxylation is 1. The highest BCUT2D eigenvalue weighted by Gasteiger charge is 2.39. The maximum absolute atomic E-state index is 14.5. The summed E-state index contributed by atoms with van der Waals surface area (Å²) in [5, 5.41) is 6.41. The number of aromatic amines is 1. The average Bonchev–Trinajstić information content (AvgIpc) is 3.46. The molecule has 5 heterocycles. The highest BCUT2D eigenvalue weighted by atomic mass is 35.5. The van der Waals surface area contributed by atoms with E-state index in [4.69, 9.17) is 16.0 Å². The first-order valence-corrected chi connectivity index (χ1v) is 12.1. The molecule has 200 valence electrons. The minimum absolute atomic E-state index is 0.00963. The Hall–Kier alpha value is -3.87. The number of aromatic nitrogens is 4. The molecule has 14 heteroatoms. The quantitative estimate of drug-likeness (QED) is 0.259. The predicted octanol–water partition coefficient (Wildman–Crippen LogP) is 6.09. The second-order valence-electron chi connectivity index (χ2n) is 9.01. The molecule has 4 aromatic rings. The minimum Gasteiger partial charge on any atom is -0.455 e. The number of anilines is 2. The third-order valence-electron chi connectivity index (χ3n) is 6.20. The lowest BCUT2D eigenvalue weighted by Gasteiger charge is -2.33. The molecule has 0 unspecified atom stereocenters. The lowest BCUT2D eigenvalue weighted by atomic mass is 9.98. The first kappa shape index (κ1) is 25.8. The topological polar surface area (TPSA) is 112 Å². The van der Waals surface area contributed by atoms with E-state index in [0.717, 1.165) is 18.7 Å². The van der Waals surface area contributed by atoms with E-state index < -0.39 is 29.5 Å². The van der Waals surface area contributed by atoms with Crippen LogP contribution >= 0.6 is 11.6 Å². The Kier molecular flexibility index (Phi) is 6.86. The molecule has 1 fully saturated rings. The Bertz CT molecular complexity index is 1490. The van der Waals surface area contributed by atoms with Crippen molar-refractivity contribution in [3.05, 3.63) is 53.1 Å². The number of piperidine rings is 1. The highest BCUT2D eigenvalue weighted by Crippen LogP contribution is 2.37. The standard InChI is InChI=1S/C24H22ClF4N7O2/c1-12-5-18(19(38-12)24(27,28)29)34-23(37)36-4-2-3-13(11-36)7-30-22-17(26)10-33-21(35-22)16-9-32-20-15(16)6-14(25)8-31-20/h5-6,8-10,13H,2-4,7,11H2,1H3,(H,31,32)(H,34,37)(H,30,33,35)/t13-/m1/s1. The van der Waals surface area contributed by atoms with Crippen LogP contribution in [0.1, 0.15) is 24.4 Å². The second-order valence-corrected chi connectivity index (χ2v) is 9.44. The predicted molar refractivity (Wildman–Crippen MR) is 132 cm³/mol. The summed E-state index contributed by atoms with van der Waals surface area (Å²) in [5.74, 6) is -1.69. The Morgan fingerprint density at radius 1 is 1.29 bits per heavy atom. The molecule has 4 aromatic heterocycles. The fraction of sp³-hybridized carbons (Fsp3) is 0.333. The van der Waals surface area contributed by atoms with Crippen molar-refractivity contribution in [2.45, 2.75) is 25.9 Å². The van der Waals surface area contributed by atoms with Gasteiger partial charge in [0.1, 0.15) is 11.4 Å². The van der Waals surface area contributed by atoms with Crippen molar-refractivity contribution in [3.8, 4) is 11.4 Å². The molecule has 38 heavy (non-hydrogen) atoms. The van der Waals surface area contributed by atoms with Gasteiger partial charge in [-0.1, -0.05) is 11.6 Å². The summed E-state index contributed by atoms with van der Waals surface area (Å²) in [6.07, 6.45) is 0.864. The van der Waals surface area contributed by atoms with Crippen LogP contribution in [0, 0.1) is 18.7 Å². The maximum atomic E-state index is 14.5. The molecule has 0 spiro atoms. The van der Waals surface area contributed by atoms with Gasteiger partial charge >= 0.3 is 12.2 Å². The molecule has 0 aliphatic carbocycles. The number of pyridine rings is 1. The fourth-order valence-corrected chi connectivity index (χ4v) is 4.61. The van der Waals surface area contributed by atoms with Gasteiger partial charge in [0.2, 0.25) is 5.76 Å². The number of hydrogen-bond acceptors (Lipinski definition) is 6. The highest BCUT2D eigenvalue weighted by molar-refractivity contribution is 6.31. The molecule has 1 aliphatic heterocycles. The number of H-pyrrole nitrogens is 1. The first-order valence-electron chi connectivity index (χ1n) is 11.7. The number of urea groups is 1. The third-order valence-corrected chi connectivity index (χ3v) is 6.41. The smallest absolute Gasteiger partial charge is 0.451 e. The Labute approximate surface area is 218 Å². The zero-order valence-corrected chi connectivity index (χ0v) is 20.8. The average molecular weight is 552 g/mol. The van der Waals surface area contributed by atoms with Crippen molar-refractivity contribution in [2.75, 3.05) is 30.3 Å². The molecule has 0 aromatic carbocycles. The molecule has 1 aliphatic rings. The number of fused-ring (bicyclic) bond motifs is 1. The van der Waals surface area contributed by atoms with E-state index in [0.29, 0.717) is 34.6 Å². The minimum atomic E-state index is -4.73. The molecule has 5 rings (SSSR count). The molecule has 1 saturated heterocycles. The van der Waals surface area contributed by atoms with E-state index in [2.05, 4.69) is 30.6 Å². The SMILES string of the molecule is Cc1cc(NC(=O)N2CCC[C@H](CNc3nc(-c4c[nH]c5ncc(Cl)cc45)ncc3F)C2)c(C(F)(F)F)o1. The van der Waals surface area contributed by atoms with Crippen molar-refractivity contribution < 1.29 is 26.8 Å². The molecule has 2 amide bonds.